The molecule has 0 atom stereocenters. The van der Waals surface area contributed by atoms with Gasteiger partial charge in [-0.3, -0.25) is 0 Å². The van der Waals surface area contributed by atoms with E-state index in [1.165, 1.54) is 7.05 Å². The van der Waals surface area contributed by atoms with Crippen LogP contribution in [0.2, 0.25) is 5.02 Å². The summed E-state index contributed by atoms with van der Waals surface area (Å²) in [6, 6.07) is 1.77. The molecule has 3 aromatic rings. The normalized spacial score (nSPS) is 14.9. The zero-order valence-corrected chi connectivity index (χ0v) is 13.8. The van der Waals surface area contributed by atoms with Gasteiger partial charge in [0.15, 0.2) is 28.5 Å². The minimum absolute atomic E-state index is 0.177. The standard InChI is InChI=1S/C15H14ClN5O3/c1-7-19-11-12(23-7)10-3-8(16)4-18-13(10)20-14(11)21-5-9(6-21)24-15(22)17-2/h3-4,9H,5-6H2,1-2H3,(H,17,22). The summed E-state index contributed by atoms with van der Waals surface area (Å²) in [7, 11) is 1.53. The highest BCUT2D eigenvalue weighted by atomic mass is 35.5. The van der Waals surface area contributed by atoms with Crippen LogP contribution in [-0.2, 0) is 4.74 Å². The maximum absolute atomic E-state index is 11.3. The van der Waals surface area contributed by atoms with E-state index in [-0.39, 0.29) is 6.10 Å². The fraction of sp³-hybridized carbons (Fsp3) is 0.333. The highest BCUT2D eigenvalue weighted by Crippen LogP contribution is 2.34. The van der Waals surface area contributed by atoms with Crippen molar-refractivity contribution in [1.82, 2.24) is 20.3 Å². The molecule has 0 radical (unpaired) electrons. The number of oxazole rings is 1. The van der Waals surface area contributed by atoms with Crippen LogP contribution in [-0.4, -0.2) is 47.3 Å². The number of hydrogen-bond donors (Lipinski definition) is 1. The van der Waals surface area contributed by atoms with Crippen molar-refractivity contribution >= 4 is 45.6 Å². The number of hydrogen-bond acceptors (Lipinski definition) is 7. The predicted octanol–water partition coefficient (Wildman–Crippen LogP) is 2.28. The maximum atomic E-state index is 11.3. The SMILES string of the molecule is CNC(=O)OC1CN(c2nc3ncc(Cl)cc3c3oc(C)nc23)C1. The number of aryl methyl sites for hydroxylation is 1. The molecule has 0 aromatic carbocycles. The summed E-state index contributed by atoms with van der Waals surface area (Å²) in [6.45, 7) is 2.86. The summed E-state index contributed by atoms with van der Waals surface area (Å²) in [5.74, 6) is 1.21. The number of aromatic nitrogens is 3. The van der Waals surface area contributed by atoms with Gasteiger partial charge in [0, 0.05) is 20.2 Å². The lowest BCUT2D eigenvalue weighted by molar-refractivity contribution is 0.0825. The van der Waals surface area contributed by atoms with Crippen LogP contribution in [0.4, 0.5) is 10.6 Å². The third-order valence-electron chi connectivity index (χ3n) is 3.86. The summed E-state index contributed by atoms with van der Waals surface area (Å²) in [4.78, 5) is 26.5. The van der Waals surface area contributed by atoms with E-state index in [0.717, 1.165) is 5.39 Å². The first kappa shape index (κ1) is 14.9. The quantitative estimate of drug-likeness (QED) is 0.760. The smallest absolute Gasteiger partial charge is 0.407 e. The van der Waals surface area contributed by atoms with Crippen LogP contribution in [0.15, 0.2) is 16.7 Å². The summed E-state index contributed by atoms with van der Waals surface area (Å²) in [5, 5.41) is 3.67. The molecule has 3 aromatic heterocycles. The molecular formula is C15H14ClN5O3. The molecule has 1 saturated heterocycles. The summed E-state index contributed by atoms with van der Waals surface area (Å²) in [5.41, 5.74) is 1.80. The Morgan fingerprint density at radius 2 is 2.25 bits per heavy atom. The monoisotopic (exact) mass is 347 g/mol. The lowest BCUT2D eigenvalue weighted by atomic mass is 10.1. The van der Waals surface area contributed by atoms with E-state index < -0.39 is 6.09 Å². The van der Waals surface area contributed by atoms with Gasteiger partial charge in [0.2, 0.25) is 0 Å². The maximum Gasteiger partial charge on any atom is 0.407 e. The first-order valence-electron chi connectivity index (χ1n) is 7.41. The van der Waals surface area contributed by atoms with E-state index in [9.17, 15) is 4.79 Å². The number of anilines is 1. The Bertz CT molecular complexity index is 951. The Hall–Kier alpha value is -2.61. The van der Waals surface area contributed by atoms with E-state index in [1.54, 1.807) is 19.2 Å². The number of pyridine rings is 2. The average molecular weight is 348 g/mol. The number of nitrogens with one attached hydrogen (secondary N) is 1. The van der Waals surface area contributed by atoms with Gasteiger partial charge in [-0.25, -0.2) is 19.7 Å². The van der Waals surface area contributed by atoms with Gasteiger partial charge in [0.1, 0.15) is 6.10 Å². The molecule has 24 heavy (non-hydrogen) atoms. The van der Waals surface area contributed by atoms with Crippen molar-refractivity contribution in [3.8, 4) is 0 Å². The number of carbonyl (C=O) groups excluding carboxylic acids is 1. The lowest BCUT2D eigenvalue weighted by Crippen LogP contribution is -2.54. The molecule has 0 bridgehead atoms. The Balaban J connectivity index is 1.73. The van der Waals surface area contributed by atoms with Crippen molar-refractivity contribution in [2.24, 2.45) is 0 Å². The largest absolute Gasteiger partial charge is 0.442 e. The van der Waals surface area contributed by atoms with Crippen molar-refractivity contribution in [3.63, 3.8) is 0 Å². The molecule has 8 nitrogen and oxygen atoms in total. The molecule has 0 unspecified atom stereocenters. The molecule has 4 rings (SSSR count). The van der Waals surface area contributed by atoms with Crippen LogP contribution >= 0.6 is 11.6 Å². The topological polar surface area (TPSA) is 93.4 Å². The third-order valence-corrected chi connectivity index (χ3v) is 4.07. The van der Waals surface area contributed by atoms with Gasteiger partial charge in [0.25, 0.3) is 0 Å². The summed E-state index contributed by atoms with van der Waals surface area (Å²) >= 11 is 6.03. The molecule has 1 aliphatic heterocycles. The second kappa shape index (κ2) is 5.48. The van der Waals surface area contributed by atoms with E-state index in [1.807, 2.05) is 4.90 Å². The fourth-order valence-corrected chi connectivity index (χ4v) is 2.88. The van der Waals surface area contributed by atoms with Crippen LogP contribution in [0.1, 0.15) is 5.89 Å². The fourth-order valence-electron chi connectivity index (χ4n) is 2.72. The zero-order valence-electron chi connectivity index (χ0n) is 13.0. The first-order chi connectivity index (χ1) is 11.5. The van der Waals surface area contributed by atoms with Gasteiger partial charge < -0.3 is 19.4 Å². The number of alkyl carbamates (subject to hydrolysis) is 1. The lowest BCUT2D eigenvalue weighted by Gasteiger charge is -2.38. The summed E-state index contributed by atoms with van der Waals surface area (Å²) < 4.78 is 10.9. The van der Waals surface area contributed by atoms with Crippen LogP contribution in [0.3, 0.4) is 0 Å². The Kier molecular flexibility index (Phi) is 3.42. The highest BCUT2D eigenvalue weighted by Gasteiger charge is 2.33. The number of rotatable bonds is 2. The van der Waals surface area contributed by atoms with Crippen molar-refractivity contribution < 1.29 is 13.9 Å². The molecule has 0 saturated carbocycles. The molecule has 1 amide bonds. The minimum Gasteiger partial charge on any atom is -0.442 e. The molecule has 1 fully saturated rings. The molecule has 4 heterocycles. The Labute approximate surface area is 141 Å². The van der Waals surface area contributed by atoms with Crippen LogP contribution in [0, 0.1) is 6.92 Å². The van der Waals surface area contributed by atoms with Crippen molar-refractivity contribution in [2.45, 2.75) is 13.0 Å². The van der Waals surface area contributed by atoms with E-state index in [0.29, 0.717) is 46.6 Å². The van der Waals surface area contributed by atoms with Gasteiger partial charge in [0.05, 0.1) is 23.5 Å². The minimum atomic E-state index is -0.440. The number of halogens is 1. The Morgan fingerprint density at radius 1 is 1.46 bits per heavy atom. The van der Waals surface area contributed by atoms with Gasteiger partial charge in [-0.05, 0) is 6.07 Å². The van der Waals surface area contributed by atoms with Gasteiger partial charge in [-0.15, -0.1) is 0 Å². The highest BCUT2D eigenvalue weighted by molar-refractivity contribution is 6.31. The first-order valence-corrected chi connectivity index (χ1v) is 7.78. The molecule has 0 aliphatic carbocycles. The molecular weight excluding hydrogens is 334 g/mol. The third kappa shape index (κ3) is 2.39. The van der Waals surface area contributed by atoms with Crippen molar-refractivity contribution in [1.29, 1.82) is 0 Å². The number of ether oxygens (including phenoxy) is 1. The molecule has 9 heteroatoms. The second-order valence-corrected chi connectivity index (χ2v) is 5.99. The van der Waals surface area contributed by atoms with E-state index in [2.05, 4.69) is 20.3 Å². The van der Waals surface area contributed by atoms with Crippen molar-refractivity contribution in [3.05, 3.63) is 23.2 Å². The predicted molar refractivity (Wildman–Crippen MR) is 88.4 cm³/mol. The molecule has 1 aliphatic rings. The molecule has 0 spiro atoms. The average Bonchev–Trinajstić information content (AvgIpc) is 2.92. The van der Waals surface area contributed by atoms with Crippen LogP contribution < -0.4 is 10.2 Å². The zero-order chi connectivity index (χ0) is 16.8. The van der Waals surface area contributed by atoms with Gasteiger partial charge in [-0.2, -0.15) is 0 Å². The number of fused-ring (bicyclic) bond motifs is 3. The second-order valence-electron chi connectivity index (χ2n) is 5.55. The molecule has 124 valence electrons. The van der Waals surface area contributed by atoms with E-state index >= 15 is 0 Å². The van der Waals surface area contributed by atoms with Gasteiger partial charge in [-0.1, -0.05) is 11.6 Å². The van der Waals surface area contributed by atoms with Gasteiger partial charge >= 0.3 is 6.09 Å². The Morgan fingerprint density at radius 3 is 3.00 bits per heavy atom. The van der Waals surface area contributed by atoms with E-state index in [4.69, 9.17) is 20.8 Å². The number of nitrogens with zero attached hydrogens (tertiary/aromatic N) is 4. The van der Waals surface area contributed by atoms with Crippen molar-refractivity contribution in [2.75, 3.05) is 25.0 Å². The number of carbonyl (C=O) groups is 1. The van der Waals surface area contributed by atoms with Crippen LogP contribution in [0.25, 0.3) is 22.1 Å². The van der Waals surface area contributed by atoms with Crippen LogP contribution in [0.5, 0.6) is 0 Å². The molecule has 1 N–H and O–H groups in total. The number of amides is 1. The summed E-state index contributed by atoms with van der Waals surface area (Å²) in [6.07, 6.45) is 0.928.